The topological polar surface area (TPSA) is 129 Å². The highest BCUT2D eigenvalue weighted by molar-refractivity contribution is 7.99. The lowest BCUT2D eigenvalue weighted by molar-refractivity contribution is -0.113. The summed E-state index contributed by atoms with van der Waals surface area (Å²) in [5.74, 6) is 5.74. The first-order chi connectivity index (χ1) is 10.4. The highest BCUT2D eigenvalue weighted by Crippen LogP contribution is 2.18. The van der Waals surface area contributed by atoms with Crippen molar-refractivity contribution in [2.24, 2.45) is 0 Å². The van der Waals surface area contributed by atoms with Gasteiger partial charge in [0, 0.05) is 6.07 Å². The van der Waals surface area contributed by atoms with E-state index < -0.39 is 5.56 Å². The summed E-state index contributed by atoms with van der Waals surface area (Å²) in [4.78, 5) is 23.4. The normalized spacial score (nSPS) is 10.9. The average molecular weight is 324 g/mol. The quantitative estimate of drug-likeness (QED) is 0.601. The molecule has 2 aromatic rings. The van der Waals surface area contributed by atoms with Crippen molar-refractivity contribution >= 4 is 23.6 Å². The second-order valence-electron chi connectivity index (χ2n) is 4.85. The Balaban J connectivity index is 1.95. The number of nitrogen functional groups attached to an aromatic ring is 1. The van der Waals surface area contributed by atoms with Gasteiger partial charge in [-0.1, -0.05) is 30.8 Å². The molecule has 0 unspecified atom stereocenters. The Morgan fingerprint density at radius 1 is 1.50 bits per heavy atom. The van der Waals surface area contributed by atoms with Crippen molar-refractivity contribution in [2.75, 3.05) is 16.9 Å². The lowest BCUT2D eigenvalue weighted by Gasteiger charge is -2.05. The zero-order valence-corrected chi connectivity index (χ0v) is 13.2. The molecule has 0 fully saturated rings. The van der Waals surface area contributed by atoms with Crippen LogP contribution < -0.4 is 16.7 Å². The lowest BCUT2D eigenvalue weighted by Crippen LogP contribution is -2.32. The number of thioether (sulfide) groups is 1. The summed E-state index contributed by atoms with van der Waals surface area (Å²) >= 11 is 1.00. The largest absolute Gasteiger partial charge is 0.338 e. The van der Waals surface area contributed by atoms with Crippen LogP contribution in [0.5, 0.6) is 0 Å². The van der Waals surface area contributed by atoms with Gasteiger partial charge < -0.3 is 10.4 Å². The summed E-state index contributed by atoms with van der Waals surface area (Å²) in [6.07, 6.45) is 0. The fourth-order valence-electron chi connectivity index (χ4n) is 1.49. The molecule has 22 heavy (non-hydrogen) atoms. The van der Waals surface area contributed by atoms with Crippen LogP contribution >= 0.6 is 11.8 Å². The van der Waals surface area contributed by atoms with E-state index in [-0.39, 0.29) is 34.3 Å². The SMILES string of the molecule is Cc1nnc(SCC(=O)Nc2cc(C(C)C)no2)n(N)c1=O. The first kappa shape index (κ1) is 16.0. The second kappa shape index (κ2) is 6.60. The van der Waals surface area contributed by atoms with Crippen LogP contribution in [0.15, 0.2) is 20.5 Å². The molecule has 1 amide bonds. The van der Waals surface area contributed by atoms with E-state index >= 15 is 0 Å². The Bertz CT molecular complexity index is 739. The number of nitrogens with one attached hydrogen (secondary N) is 1. The van der Waals surface area contributed by atoms with Crippen molar-refractivity contribution in [1.29, 1.82) is 0 Å². The molecule has 118 valence electrons. The molecule has 0 saturated heterocycles. The van der Waals surface area contributed by atoms with Gasteiger partial charge in [-0.05, 0) is 12.8 Å². The van der Waals surface area contributed by atoms with E-state index in [1.165, 1.54) is 6.92 Å². The Kier molecular flexibility index (Phi) is 4.81. The van der Waals surface area contributed by atoms with Crippen LogP contribution in [0.25, 0.3) is 0 Å². The fraction of sp³-hybridized carbons (Fsp3) is 0.417. The first-order valence-electron chi connectivity index (χ1n) is 6.49. The third kappa shape index (κ3) is 3.64. The summed E-state index contributed by atoms with van der Waals surface area (Å²) in [6, 6.07) is 1.66. The molecule has 2 heterocycles. The van der Waals surface area contributed by atoms with E-state index in [1.807, 2.05) is 13.8 Å². The molecule has 2 aromatic heterocycles. The number of aryl methyl sites for hydroxylation is 1. The molecule has 0 aliphatic carbocycles. The number of nitrogens with zero attached hydrogens (tertiary/aromatic N) is 4. The van der Waals surface area contributed by atoms with E-state index in [9.17, 15) is 9.59 Å². The smallest absolute Gasteiger partial charge is 0.294 e. The van der Waals surface area contributed by atoms with E-state index in [1.54, 1.807) is 6.07 Å². The molecule has 0 aromatic carbocycles. The summed E-state index contributed by atoms with van der Waals surface area (Å²) in [7, 11) is 0. The molecule has 10 heteroatoms. The predicted molar refractivity (Wildman–Crippen MR) is 81.1 cm³/mol. The second-order valence-corrected chi connectivity index (χ2v) is 5.79. The van der Waals surface area contributed by atoms with Crippen LogP contribution in [0.3, 0.4) is 0 Å². The van der Waals surface area contributed by atoms with Gasteiger partial charge >= 0.3 is 0 Å². The van der Waals surface area contributed by atoms with Gasteiger partial charge in [0.1, 0.15) is 5.69 Å². The molecule has 0 aliphatic heterocycles. The summed E-state index contributed by atoms with van der Waals surface area (Å²) in [5.41, 5.74) is 0.497. The molecule has 2 rings (SSSR count). The monoisotopic (exact) mass is 324 g/mol. The van der Waals surface area contributed by atoms with Crippen LogP contribution in [0, 0.1) is 6.92 Å². The molecule has 0 spiro atoms. The Morgan fingerprint density at radius 3 is 2.86 bits per heavy atom. The van der Waals surface area contributed by atoms with Gasteiger partial charge in [-0.25, -0.2) is 0 Å². The van der Waals surface area contributed by atoms with Crippen molar-refractivity contribution in [1.82, 2.24) is 20.0 Å². The van der Waals surface area contributed by atoms with E-state index in [0.717, 1.165) is 22.1 Å². The van der Waals surface area contributed by atoms with Crippen molar-refractivity contribution in [3.63, 3.8) is 0 Å². The van der Waals surface area contributed by atoms with Gasteiger partial charge in [-0.15, -0.1) is 10.2 Å². The number of anilines is 1. The minimum atomic E-state index is -0.449. The summed E-state index contributed by atoms with van der Waals surface area (Å²) < 4.78 is 5.87. The highest BCUT2D eigenvalue weighted by Gasteiger charge is 2.13. The molecule has 0 bridgehead atoms. The van der Waals surface area contributed by atoms with Crippen molar-refractivity contribution in [3.05, 3.63) is 27.8 Å². The van der Waals surface area contributed by atoms with Crippen LogP contribution in [0.1, 0.15) is 31.2 Å². The highest BCUT2D eigenvalue weighted by atomic mass is 32.2. The number of rotatable bonds is 5. The van der Waals surface area contributed by atoms with Crippen LogP contribution in [-0.2, 0) is 4.79 Å². The lowest BCUT2D eigenvalue weighted by atomic mass is 10.1. The number of carbonyl (C=O) groups excluding carboxylic acids is 1. The van der Waals surface area contributed by atoms with Gasteiger partial charge in [0.15, 0.2) is 0 Å². The molecule has 3 N–H and O–H groups in total. The number of amides is 1. The molecule has 9 nitrogen and oxygen atoms in total. The van der Waals surface area contributed by atoms with Crippen molar-refractivity contribution in [2.45, 2.75) is 31.8 Å². The van der Waals surface area contributed by atoms with Crippen molar-refractivity contribution < 1.29 is 9.32 Å². The van der Waals surface area contributed by atoms with Crippen molar-refractivity contribution in [3.8, 4) is 0 Å². The minimum absolute atomic E-state index is 0.00604. The van der Waals surface area contributed by atoms with Gasteiger partial charge in [-0.2, -0.15) is 4.68 Å². The van der Waals surface area contributed by atoms with Gasteiger partial charge in [-0.3, -0.25) is 14.9 Å². The van der Waals surface area contributed by atoms with Gasteiger partial charge in [0.05, 0.1) is 11.4 Å². The zero-order valence-electron chi connectivity index (χ0n) is 12.4. The Morgan fingerprint density at radius 2 is 2.23 bits per heavy atom. The Labute approximate surface area is 130 Å². The van der Waals surface area contributed by atoms with E-state index in [4.69, 9.17) is 10.4 Å². The number of nitrogens with two attached hydrogens (primary N) is 1. The maximum atomic E-state index is 11.8. The maximum Gasteiger partial charge on any atom is 0.294 e. The van der Waals surface area contributed by atoms with Crippen LogP contribution in [-0.4, -0.2) is 31.7 Å². The van der Waals surface area contributed by atoms with Crippen LogP contribution in [0.2, 0.25) is 0 Å². The molecular formula is C12H16N6O3S. The predicted octanol–water partition coefficient (Wildman–Crippen LogP) is 0.503. The number of hydrogen-bond donors (Lipinski definition) is 2. The van der Waals surface area contributed by atoms with E-state index in [2.05, 4.69) is 20.7 Å². The third-order valence-corrected chi connectivity index (χ3v) is 3.68. The first-order valence-corrected chi connectivity index (χ1v) is 7.47. The van der Waals surface area contributed by atoms with Gasteiger partial charge in [0.2, 0.25) is 16.9 Å². The van der Waals surface area contributed by atoms with Crippen LogP contribution in [0.4, 0.5) is 5.88 Å². The minimum Gasteiger partial charge on any atom is -0.338 e. The number of carbonyl (C=O) groups is 1. The molecule has 0 saturated carbocycles. The standard InChI is InChI=1S/C12H16N6O3S/c1-6(2)8-4-10(21-17-8)14-9(19)5-22-12-16-15-7(3)11(20)18(12)13/h4,6H,5,13H2,1-3H3,(H,14,19). The summed E-state index contributed by atoms with van der Waals surface area (Å²) in [5, 5.41) is 14.0. The molecule has 0 atom stereocenters. The third-order valence-electron chi connectivity index (χ3n) is 2.73. The average Bonchev–Trinajstić information content (AvgIpc) is 2.93. The number of aromatic nitrogens is 4. The summed E-state index contributed by atoms with van der Waals surface area (Å²) in [6.45, 7) is 5.45. The number of hydrogen-bond acceptors (Lipinski definition) is 8. The molecule has 0 radical (unpaired) electrons. The molecule has 0 aliphatic rings. The van der Waals surface area contributed by atoms with E-state index in [0.29, 0.717) is 0 Å². The maximum absolute atomic E-state index is 11.8. The van der Waals surface area contributed by atoms with Gasteiger partial charge in [0.25, 0.3) is 5.56 Å². The Hall–Kier alpha value is -2.36. The molecular weight excluding hydrogens is 308 g/mol. The zero-order chi connectivity index (χ0) is 16.3. The fourth-order valence-corrected chi connectivity index (χ4v) is 2.14.